The van der Waals surface area contributed by atoms with Gasteiger partial charge in [-0.1, -0.05) is 12.1 Å². The zero-order valence-corrected chi connectivity index (χ0v) is 18.2. The van der Waals surface area contributed by atoms with Crippen molar-refractivity contribution in [3.63, 3.8) is 0 Å². The summed E-state index contributed by atoms with van der Waals surface area (Å²) in [7, 11) is 0. The Bertz CT molecular complexity index is 1180. The first-order valence-corrected chi connectivity index (χ1v) is 9.04. The number of primary amides is 1. The van der Waals surface area contributed by atoms with Crippen LogP contribution < -0.4 is 40.4 Å². The average Bonchev–Trinajstić information content (AvgIpc) is 3.30. The predicted molar refractivity (Wildman–Crippen MR) is 104 cm³/mol. The zero-order valence-electron chi connectivity index (χ0n) is 16.2. The van der Waals surface area contributed by atoms with E-state index in [9.17, 15) is 14.7 Å². The van der Waals surface area contributed by atoms with Gasteiger partial charge in [0.25, 0.3) is 0 Å². The molecule has 0 aliphatic rings. The molecule has 0 aliphatic heterocycles. The molecule has 0 fully saturated rings. The Morgan fingerprint density at radius 1 is 1.03 bits per heavy atom. The maximum atomic E-state index is 11.3. The van der Waals surface area contributed by atoms with Gasteiger partial charge in [0.05, 0.1) is 6.33 Å². The van der Waals surface area contributed by atoms with Crippen LogP contribution in [0.1, 0.15) is 18.4 Å². The molecule has 2 aromatic carbocycles. The third kappa shape index (κ3) is 4.37. The van der Waals surface area contributed by atoms with Gasteiger partial charge in [-0.2, -0.15) is 0 Å². The van der Waals surface area contributed by atoms with E-state index in [1.165, 1.54) is 0 Å². The van der Waals surface area contributed by atoms with Gasteiger partial charge in [-0.15, -0.1) is 0 Å². The van der Waals surface area contributed by atoms with Crippen LogP contribution in [-0.2, 0) is 22.6 Å². The normalized spacial score (nSPS) is 10.9. The number of nitrogens with two attached hydrogens (primary N) is 1. The second-order valence-electron chi connectivity index (χ2n) is 6.76. The van der Waals surface area contributed by atoms with Crippen LogP contribution in [0.4, 0.5) is 0 Å². The Morgan fingerprint density at radius 3 is 2.55 bits per heavy atom. The first-order valence-electron chi connectivity index (χ1n) is 9.04. The van der Waals surface area contributed by atoms with Crippen LogP contribution in [0.5, 0.6) is 0 Å². The van der Waals surface area contributed by atoms with Crippen molar-refractivity contribution in [2.75, 3.05) is 0 Å². The van der Waals surface area contributed by atoms with E-state index in [1.54, 1.807) is 12.5 Å². The molecule has 0 radical (unpaired) electrons. The minimum Gasteiger partial charge on any atom is -0.550 e. The molecule has 0 saturated heterocycles. The van der Waals surface area contributed by atoms with Crippen LogP contribution >= 0.6 is 0 Å². The molecule has 0 bridgehead atoms. The van der Waals surface area contributed by atoms with Gasteiger partial charge in [-0.3, -0.25) is 4.79 Å². The molecule has 2 heterocycles. The molecular weight excluding hydrogens is 379 g/mol. The number of aromatic nitrogens is 3. The topological polar surface area (TPSA) is 106 Å². The van der Waals surface area contributed by atoms with Gasteiger partial charge in [0, 0.05) is 58.8 Å². The first kappa shape index (κ1) is 21.1. The number of aliphatic carboxylic acids is 1. The van der Waals surface area contributed by atoms with Crippen molar-refractivity contribution in [3.8, 4) is 5.69 Å². The van der Waals surface area contributed by atoms with Gasteiger partial charge in [0.15, 0.2) is 0 Å². The second kappa shape index (κ2) is 8.82. The van der Waals surface area contributed by atoms with Crippen molar-refractivity contribution < 1.29 is 44.3 Å². The fraction of sp³-hybridized carbons (Fsp3) is 0.190. The van der Waals surface area contributed by atoms with E-state index in [0.29, 0.717) is 13.0 Å². The Kier molecular flexibility index (Phi) is 6.42. The fourth-order valence-electron chi connectivity index (χ4n) is 3.57. The van der Waals surface area contributed by atoms with Gasteiger partial charge in [-0.05, 0) is 42.7 Å². The molecule has 2 N–H and O–H groups in total. The number of amides is 1. The molecule has 29 heavy (non-hydrogen) atoms. The molecule has 0 atom stereocenters. The molecule has 0 aliphatic carbocycles. The molecule has 1 amide bonds. The van der Waals surface area contributed by atoms with Gasteiger partial charge < -0.3 is 24.8 Å². The number of aryl methyl sites for hydroxylation is 2. The number of carboxylic acids is 1. The fourth-order valence-corrected chi connectivity index (χ4v) is 3.57. The van der Waals surface area contributed by atoms with Crippen molar-refractivity contribution in [3.05, 3.63) is 60.7 Å². The summed E-state index contributed by atoms with van der Waals surface area (Å²) in [5.41, 5.74) is 9.21. The Labute approximate surface area is 189 Å². The van der Waals surface area contributed by atoms with Crippen molar-refractivity contribution >= 4 is 33.7 Å². The van der Waals surface area contributed by atoms with Crippen molar-refractivity contribution in [1.29, 1.82) is 0 Å². The zero-order chi connectivity index (χ0) is 19.7. The van der Waals surface area contributed by atoms with Crippen LogP contribution in [0.25, 0.3) is 27.5 Å². The summed E-state index contributed by atoms with van der Waals surface area (Å²) in [6.07, 6.45) is 5.94. The van der Waals surface area contributed by atoms with Crippen LogP contribution in [0.15, 0.2) is 55.1 Å². The number of fused-ring (bicyclic) bond motifs is 3. The number of carbonyl (C=O) groups excluding carboxylic acids is 2. The molecule has 142 valence electrons. The summed E-state index contributed by atoms with van der Waals surface area (Å²) < 4.78 is 4.00. The number of hydrogen-bond donors (Lipinski definition) is 1. The summed E-state index contributed by atoms with van der Waals surface area (Å²) in [4.78, 5) is 26.2. The SMILES string of the molecule is NC(=O)CCn1c2ccc(-n3ccnc3)cc2c2ccc(CCC(=O)[O-])cc21.[Na+]. The monoisotopic (exact) mass is 398 g/mol. The van der Waals surface area contributed by atoms with E-state index >= 15 is 0 Å². The number of carboxylic acid groups (broad SMARTS) is 1. The molecule has 0 saturated carbocycles. The third-order valence-corrected chi connectivity index (χ3v) is 4.92. The van der Waals surface area contributed by atoms with Crippen LogP contribution in [0, 0.1) is 0 Å². The minimum absolute atomic E-state index is 0. The number of carbonyl (C=O) groups is 2. The summed E-state index contributed by atoms with van der Waals surface area (Å²) in [6.45, 7) is 0.462. The van der Waals surface area contributed by atoms with E-state index in [1.807, 2.05) is 41.1 Å². The number of rotatable bonds is 7. The maximum absolute atomic E-state index is 11.3. The standard InChI is InChI=1S/C21H20N4O3.Na/c22-20(26)7-9-25-18-5-3-15(24-10-8-23-13-24)12-17(18)16-4-1-14(11-19(16)25)2-6-21(27)28;/h1,3-5,8,10-13H,2,6-7,9H2,(H2,22,26)(H,27,28);/q;+1/p-1. The maximum Gasteiger partial charge on any atom is 1.00 e. The molecule has 4 rings (SSSR count). The van der Waals surface area contributed by atoms with E-state index in [2.05, 4.69) is 15.6 Å². The first-order chi connectivity index (χ1) is 13.5. The van der Waals surface area contributed by atoms with Gasteiger partial charge >= 0.3 is 29.6 Å². The smallest absolute Gasteiger partial charge is 0.550 e. The van der Waals surface area contributed by atoms with E-state index in [-0.39, 0.29) is 48.3 Å². The van der Waals surface area contributed by atoms with Crippen molar-refractivity contribution in [2.45, 2.75) is 25.8 Å². The van der Waals surface area contributed by atoms with Crippen LogP contribution in [-0.4, -0.2) is 26.0 Å². The quantitative estimate of drug-likeness (QED) is 0.384. The second-order valence-corrected chi connectivity index (χ2v) is 6.76. The molecule has 0 unspecified atom stereocenters. The van der Waals surface area contributed by atoms with Gasteiger partial charge in [0.1, 0.15) is 0 Å². The molecule has 0 spiro atoms. The number of imidazole rings is 1. The molecular formula is C21H19N4NaO3. The summed E-state index contributed by atoms with van der Waals surface area (Å²) in [6, 6.07) is 12.0. The van der Waals surface area contributed by atoms with E-state index < -0.39 is 5.97 Å². The Hall–Kier alpha value is -2.61. The van der Waals surface area contributed by atoms with E-state index in [0.717, 1.165) is 33.1 Å². The Morgan fingerprint density at radius 2 is 1.86 bits per heavy atom. The van der Waals surface area contributed by atoms with Gasteiger partial charge in [0.2, 0.25) is 5.91 Å². The molecule has 4 aromatic rings. The number of hydrogen-bond acceptors (Lipinski definition) is 4. The number of benzene rings is 2. The summed E-state index contributed by atoms with van der Waals surface area (Å²) >= 11 is 0. The third-order valence-electron chi connectivity index (χ3n) is 4.92. The number of nitrogens with zero attached hydrogens (tertiary/aromatic N) is 3. The molecule has 8 heteroatoms. The largest absolute Gasteiger partial charge is 1.00 e. The van der Waals surface area contributed by atoms with Crippen molar-refractivity contribution in [1.82, 2.24) is 14.1 Å². The predicted octanol–water partition coefficient (Wildman–Crippen LogP) is -1.46. The Balaban J connectivity index is 0.00000240. The summed E-state index contributed by atoms with van der Waals surface area (Å²) in [5, 5.41) is 12.9. The molecule has 2 aromatic heterocycles. The minimum atomic E-state index is -1.07. The average molecular weight is 398 g/mol. The van der Waals surface area contributed by atoms with Crippen molar-refractivity contribution in [2.24, 2.45) is 5.73 Å². The van der Waals surface area contributed by atoms with Crippen LogP contribution in [0.2, 0.25) is 0 Å². The van der Waals surface area contributed by atoms with E-state index in [4.69, 9.17) is 5.73 Å². The van der Waals surface area contributed by atoms with Crippen LogP contribution in [0.3, 0.4) is 0 Å². The van der Waals surface area contributed by atoms with Gasteiger partial charge in [-0.25, -0.2) is 4.98 Å². The molecule has 7 nitrogen and oxygen atoms in total. The summed E-state index contributed by atoms with van der Waals surface area (Å²) in [5.74, 6) is -1.43.